The quantitative estimate of drug-likeness (QED) is 0.802. The van der Waals surface area contributed by atoms with Crippen molar-refractivity contribution >= 4 is 0 Å². The Balaban J connectivity index is 2.17. The third-order valence-corrected chi connectivity index (χ3v) is 2.83. The van der Waals surface area contributed by atoms with Crippen LogP contribution in [0.1, 0.15) is 32.0 Å². The molecule has 0 aliphatic carbocycles. The molecule has 2 heterocycles. The Labute approximate surface area is 99.7 Å². The molecule has 0 aromatic carbocycles. The molecule has 0 saturated carbocycles. The van der Waals surface area contributed by atoms with Crippen LogP contribution in [0.4, 0.5) is 0 Å². The van der Waals surface area contributed by atoms with E-state index in [1.165, 1.54) is 18.6 Å². The molecule has 2 rings (SSSR count). The average molecular weight is 232 g/mol. The van der Waals surface area contributed by atoms with Crippen molar-refractivity contribution in [1.29, 1.82) is 0 Å². The van der Waals surface area contributed by atoms with Crippen LogP contribution in [0.2, 0.25) is 0 Å². The zero-order chi connectivity index (χ0) is 12.3. The minimum Gasteiger partial charge on any atom is -0.293 e. The molecule has 1 atom stereocenters. The molecule has 0 aliphatic heterocycles. The van der Waals surface area contributed by atoms with Crippen LogP contribution in [-0.2, 0) is 6.54 Å². The molecule has 0 amide bonds. The van der Waals surface area contributed by atoms with Gasteiger partial charge in [0.2, 0.25) is 0 Å². The van der Waals surface area contributed by atoms with E-state index in [0.717, 1.165) is 12.1 Å². The van der Waals surface area contributed by atoms with Gasteiger partial charge in [0.1, 0.15) is 0 Å². The maximum absolute atomic E-state index is 11.5. The predicted octanol–water partition coefficient (Wildman–Crippen LogP) is 1.46. The predicted molar refractivity (Wildman–Crippen MR) is 64.8 cm³/mol. The summed E-state index contributed by atoms with van der Waals surface area (Å²) in [4.78, 5) is 15.4. The first kappa shape index (κ1) is 11.6. The Morgan fingerprint density at radius 1 is 1.41 bits per heavy atom. The normalized spacial score (nSPS) is 12.6. The molecule has 5 heteroatoms. The third-order valence-electron chi connectivity index (χ3n) is 2.83. The topological polar surface area (TPSA) is 52.7 Å². The second-order valence-electron chi connectivity index (χ2n) is 4.09. The zero-order valence-electron chi connectivity index (χ0n) is 10.1. The van der Waals surface area contributed by atoms with Gasteiger partial charge in [-0.15, -0.1) is 0 Å². The van der Waals surface area contributed by atoms with Crippen molar-refractivity contribution in [2.45, 2.75) is 32.9 Å². The van der Waals surface area contributed by atoms with Crippen LogP contribution in [0, 0.1) is 0 Å². The van der Waals surface area contributed by atoms with Gasteiger partial charge in [0.15, 0.2) is 0 Å². The van der Waals surface area contributed by atoms with Gasteiger partial charge >= 0.3 is 0 Å². The van der Waals surface area contributed by atoms with E-state index in [-0.39, 0.29) is 5.56 Å². The summed E-state index contributed by atoms with van der Waals surface area (Å²) in [6.45, 7) is 4.71. The van der Waals surface area contributed by atoms with Crippen molar-refractivity contribution < 1.29 is 0 Å². The highest BCUT2D eigenvalue weighted by Crippen LogP contribution is 2.09. The van der Waals surface area contributed by atoms with Crippen molar-refractivity contribution in [3.8, 4) is 0 Å². The standard InChI is InChI=1S/C12H16N4O/c1-3-10(2)16-7-5-11(14-16)8-15-9-13-6-4-12(15)17/h4-7,9-10H,3,8H2,1-2H3. The Kier molecular flexibility index (Phi) is 3.37. The van der Waals surface area contributed by atoms with E-state index < -0.39 is 0 Å². The van der Waals surface area contributed by atoms with E-state index in [1.54, 1.807) is 4.57 Å². The molecular weight excluding hydrogens is 216 g/mol. The summed E-state index contributed by atoms with van der Waals surface area (Å²) in [5.41, 5.74) is 0.818. The van der Waals surface area contributed by atoms with Gasteiger partial charge in [-0.1, -0.05) is 6.92 Å². The summed E-state index contributed by atoms with van der Waals surface area (Å²) < 4.78 is 3.47. The number of hydrogen-bond donors (Lipinski definition) is 0. The number of nitrogens with zero attached hydrogens (tertiary/aromatic N) is 4. The summed E-state index contributed by atoms with van der Waals surface area (Å²) in [6.07, 6.45) is 6.01. The highest BCUT2D eigenvalue weighted by atomic mass is 16.1. The molecule has 5 nitrogen and oxygen atoms in total. The zero-order valence-corrected chi connectivity index (χ0v) is 10.1. The van der Waals surface area contributed by atoms with E-state index in [4.69, 9.17) is 0 Å². The van der Waals surface area contributed by atoms with Crippen LogP contribution in [0.3, 0.4) is 0 Å². The molecule has 0 spiro atoms. The van der Waals surface area contributed by atoms with Gasteiger partial charge in [-0.05, 0) is 19.4 Å². The Hall–Kier alpha value is -1.91. The van der Waals surface area contributed by atoms with Crippen LogP contribution in [-0.4, -0.2) is 19.3 Å². The van der Waals surface area contributed by atoms with Crippen molar-refractivity contribution in [2.75, 3.05) is 0 Å². The fourth-order valence-electron chi connectivity index (χ4n) is 1.57. The Morgan fingerprint density at radius 3 is 2.94 bits per heavy atom. The number of hydrogen-bond acceptors (Lipinski definition) is 3. The SMILES string of the molecule is CCC(C)n1ccc(Cn2cnccc2=O)n1. The van der Waals surface area contributed by atoms with Crippen molar-refractivity contribution in [3.63, 3.8) is 0 Å². The summed E-state index contributed by atoms with van der Waals surface area (Å²) in [6, 6.07) is 3.77. The van der Waals surface area contributed by atoms with E-state index in [9.17, 15) is 4.79 Å². The minimum atomic E-state index is -0.0573. The smallest absolute Gasteiger partial charge is 0.253 e. The Bertz CT molecular complexity index is 543. The van der Waals surface area contributed by atoms with Crippen molar-refractivity contribution in [3.05, 3.63) is 46.9 Å². The first-order valence-electron chi connectivity index (χ1n) is 5.75. The largest absolute Gasteiger partial charge is 0.293 e. The van der Waals surface area contributed by atoms with Crippen LogP contribution in [0.25, 0.3) is 0 Å². The summed E-state index contributed by atoms with van der Waals surface area (Å²) >= 11 is 0. The van der Waals surface area contributed by atoms with Gasteiger partial charge in [-0.3, -0.25) is 14.0 Å². The molecule has 0 bridgehead atoms. The lowest BCUT2D eigenvalue weighted by atomic mass is 10.3. The highest BCUT2D eigenvalue weighted by Gasteiger charge is 2.05. The van der Waals surface area contributed by atoms with Gasteiger partial charge in [0, 0.05) is 24.5 Å². The lowest BCUT2D eigenvalue weighted by molar-refractivity contribution is 0.472. The number of rotatable bonds is 4. The van der Waals surface area contributed by atoms with Gasteiger partial charge in [-0.25, -0.2) is 4.98 Å². The average Bonchev–Trinajstić information content (AvgIpc) is 2.80. The summed E-state index contributed by atoms with van der Waals surface area (Å²) in [7, 11) is 0. The third kappa shape index (κ3) is 2.61. The van der Waals surface area contributed by atoms with Crippen molar-refractivity contribution in [1.82, 2.24) is 19.3 Å². The van der Waals surface area contributed by atoms with E-state index in [0.29, 0.717) is 12.6 Å². The lowest BCUT2D eigenvalue weighted by Gasteiger charge is -2.08. The van der Waals surface area contributed by atoms with Gasteiger partial charge in [-0.2, -0.15) is 5.10 Å². The fourth-order valence-corrected chi connectivity index (χ4v) is 1.57. The van der Waals surface area contributed by atoms with E-state index in [1.807, 2.05) is 16.9 Å². The van der Waals surface area contributed by atoms with Crippen LogP contribution in [0.15, 0.2) is 35.6 Å². The van der Waals surface area contributed by atoms with Gasteiger partial charge in [0.25, 0.3) is 5.56 Å². The van der Waals surface area contributed by atoms with Crippen molar-refractivity contribution in [2.24, 2.45) is 0 Å². The monoisotopic (exact) mass is 232 g/mol. The second kappa shape index (κ2) is 4.95. The lowest BCUT2D eigenvalue weighted by Crippen LogP contribution is -2.19. The molecule has 0 fully saturated rings. The molecule has 0 N–H and O–H groups in total. The maximum Gasteiger partial charge on any atom is 0.253 e. The van der Waals surface area contributed by atoms with E-state index in [2.05, 4.69) is 23.9 Å². The molecule has 0 radical (unpaired) electrons. The highest BCUT2D eigenvalue weighted by molar-refractivity contribution is 5.01. The number of aromatic nitrogens is 4. The van der Waals surface area contributed by atoms with Crippen LogP contribution in [0.5, 0.6) is 0 Å². The molecule has 17 heavy (non-hydrogen) atoms. The minimum absolute atomic E-state index is 0.0573. The van der Waals surface area contributed by atoms with Crippen LogP contribution >= 0.6 is 0 Å². The molecule has 1 unspecified atom stereocenters. The molecule has 0 aliphatic rings. The van der Waals surface area contributed by atoms with E-state index >= 15 is 0 Å². The Morgan fingerprint density at radius 2 is 2.24 bits per heavy atom. The molecular formula is C12H16N4O. The first-order chi connectivity index (χ1) is 8.20. The van der Waals surface area contributed by atoms with Gasteiger partial charge < -0.3 is 0 Å². The second-order valence-corrected chi connectivity index (χ2v) is 4.09. The first-order valence-corrected chi connectivity index (χ1v) is 5.75. The summed E-state index contributed by atoms with van der Waals surface area (Å²) in [5, 5.41) is 4.45. The molecule has 90 valence electrons. The molecule has 0 saturated heterocycles. The maximum atomic E-state index is 11.5. The summed E-state index contributed by atoms with van der Waals surface area (Å²) in [5.74, 6) is 0. The molecule has 2 aromatic heterocycles. The fraction of sp³-hybridized carbons (Fsp3) is 0.417. The van der Waals surface area contributed by atoms with Crippen LogP contribution < -0.4 is 5.56 Å². The molecule has 2 aromatic rings. The van der Waals surface area contributed by atoms with Gasteiger partial charge in [0.05, 0.1) is 18.6 Å².